The maximum atomic E-state index is 10.1. The molecule has 4 nitrogen and oxygen atoms in total. The van der Waals surface area contributed by atoms with Crippen LogP contribution in [0.1, 0.15) is 52.2 Å². The number of guanidine groups is 1. The van der Waals surface area contributed by atoms with Crippen LogP contribution in [0.5, 0.6) is 0 Å². The average molecular weight is 305 g/mol. The third kappa shape index (κ3) is 8.03. The molecule has 0 aliphatic heterocycles. The summed E-state index contributed by atoms with van der Waals surface area (Å²) in [5, 5.41) is 16.7. The summed E-state index contributed by atoms with van der Waals surface area (Å²) in [7, 11) is 0. The summed E-state index contributed by atoms with van der Waals surface area (Å²) >= 11 is 0. The number of aliphatic hydroxyl groups excluding tert-OH is 1. The Hall–Kier alpha value is -1.55. The van der Waals surface area contributed by atoms with Crippen molar-refractivity contribution in [3.05, 3.63) is 35.9 Å². The van der Waals surface area contributed by atoms with Gasteiger partial charge in [0.25, 0.3) is 0 Å². The first-order chi connectivity index (χ1) is 10.4. The Morgan fingerprint density at radius 1 is 1.18 bits per heavy atom. The molecule has 0 bridgehead atoms. The normalized spacial score (nSPS) is 13.8. The molecule has 0 aromatic heterocycles. The molecule has 4 heteroatoms. The molecule has 1 atom stereocenters. The van der Waals surface area contributed by atoms with Crippen LogP contribution >= 0.6 is 0 Å². The number of benzene rings is 1. The van der Waals surface area contributed by atoms with Crippen LogP contribution < -0.4 is 10.6 Å². The van der Waals surface area contributed by atoms with Crippen LogP contribution in [-0.2, 0) is 0 Å². The molecule has 22 heavy (non-hydrogen) atoms. The number of nitrogens with zero attached hydrogens (tertiary/aromatic N) is 1. The van der Waals surface area contributed by atoms with Crippen molar-refractivity contribution < 1.29 is 5.11 Å². The Labute approximate surface area is 135 Å². The smallest absolute Gasteiger partial charge is 0.191 e. The Balaban J connectivity index is 2.41. The number of hydrogen-bond acceptors (Lipinski definition) is 2. The van der Waals surface area contributed by atoms with E-state index in [9.17, 15) is 5.11 Å². The number of aliphatic imine (C=N–C) groups is 1. The van der Waals surface area contributed by atoms with Crippen molar-refractivity contribution in [3.63, 3.8) is 0 Å². The van der Waals surface area contributed by atoms with Crippen molar-refractivity contribution in [1.82, 2.24) is 10.6 Å². The monoisotopic (exact) mass is 305 g/mol. The maximum absolute atomic E-state index is 10.1. The standard InChI is InChI=1S/C18H31N3O/c1-5-19-17(21-14-12-18(2,3)4)20-13-11-16(22)15-9-7-6-8-10-15/h6-10,16,22H,5,11-14H2,1-4H3,(H2,19,20,21). The summed E-state index contributed by atoms with van der Waals surface area (Å²) in [6.45, 7) is 11.1. The minimum Gasteiger partial charge on any atom is -0.388 e. The van der Waals surface area contributed by atoms with Gasteiger partial charge in [-0.1, -0.05) is 51.1 Å². The second-order valence-corrected chi connectivity index (χ2v) is 6.71. The number of rotatable bonds is 7. The minimum absolute atomic E-state index is 0.313. The van der Waals surface area contributed by atoms with Gasteiger partial charge in [0.2, 0.25) is 0 Å². The molecule has 1 aromatic carbocycles. The molecule has 1 aromatic rings. The van der Waals surface area contributed by atoms with Gasteiger partial charge in [-0.05, 0) is 30.7 Å². The van der Waals surface area contributed by atoms with Gasteiger partial charge >= 0.3 is 0 Å². The van der Waals surface area contributed by atoms with E-state index in [-0.39, 0.29) is 0 Å². The maximum Gasteiger partial charge on any atom is 0.191 e. The molecule has 0 radical (unpaired) electrons. The van der Waals surface area contributed by atoms with E-state index < -0.39 is 6.10 Å². The van der Waals surface area contributed by atoms with E-state index in [0.29, 0.717) is 18.4 Å². The van der Waals surface area contributed by atoms with Crippen molar-refractivity contribution in [1.29, 1.82) is 0 Å². The fraction of sp³-hybridized carbons (Fsp3) is 0.611. The van der Waals surface area contributed by atoms with Crippen LogP contribution in [0.3, 0.4) is 0 Å². The lowest BCUT2D eigenvalue weighted by Gasteiger charge is -2.19. The molecule has 0 aliphatic carbocycles. The van der Waals surface area contributed by atoms with E-state index in [2.05, 4.69) is 43.3 Å². The molecule has 1 rings (SSSR count). The van der Waals surface area contributed by atoms with Gasteiger partial charge in [-0.3, -0.25) is 4.99 Å². The first-order valence-corrected chi connectivity index (χ1v) is 8.17. The Morgan fingerprint density at radius 3 is 2.45 bits per heavy atom. The van der Waals surface area contributed by atoms with Crippen molar-refractivity contribution >= 4 is 5.96 Å². The SMILES string of the molecule is CCNC(=NCCC(O)c1ccccc1)NCCC(C)(C)C. The van der Waals surface area contributed by atoms with Crippen molar-refractivity contribution in [2.24, 2.45) is 10.4 Å². The van der Waals surface area contributed by atoms with Crippen molar-refractivity contribution in [2.45, 2.75) is 46.6 Å². The van der Waals surface area contributed by atoms with Crippen LogP contribution in [0.25, 0.3) is 0 Å². The van der Waals surface area contributed by atoms with Crippen LogP contribution in [-0.4, -0.2) is 30.7 Å². The Morgan fingerprint density at radius 2 is 1.86 bits per heavy atom. The zero-order valence-corrected chi connectivity index (χ0v) is 14.4. The predicted octanol–water partition coefficient (Wildman–Crippen LogP) is 3.10. The van der Waals surface area contributed by atoms with Gasteiger partial charge in [0.1, 0.15) is 0 Å². The second-order valence-electron chi connectivity index (χ2n) is 6.71. The Bertz CT molecular complexity index is 437. The lowest BCUT2D eigenvalue weighted by molar-refractivity contribution is 0.170. The van der Waals surface area contributed by atoms with Crippen LogP contribution in [0.2, 0.25) is 0 Å². The highest BCUT2D eigenvalue weighted by Gasteiger charge is 2.10. The molecule has 0 aliphatic rings. The van der Waals surface area contributed by atoms with Gasteiger partial charge in [0.15, 0.2) is 5.96 Å². The van der Waals surface area contributed by atoms with Crippen LogP contribution in [0, 0.1) is 5.41 Å². The highest BCUT2D eigenvalue weighted by Crippen LogP contribution is 2.17. The summed E-state index contributed by atoms with van der Waals surface area (Å²) in [4.78, 5) is 4.53. The van der Waals surface area contributed by atoms with Gasteiger partial charge in [-0.25, -0.2) is 0 Å². The second kappa shape index (κ2) is 9.46. The molecule has 0 spiro atoms. The zero-order chi connectivity index (χ0) is 16.4. The minimum atomic E-state index is -0.456. The summed E-state index contributed by atoms with van der Waals surface area (Å²) < 4.78 is 0. The first-order valence-electron chi connectivity index (χ1n) is 8.17. The Kier molecular flexibility index (Phi) is 7.96. The van der Waals surface area contributed by atoms with E-state index in [1.165, 1.54) is 0 Å². The summed E-state index contributed by atoms with van der Waals surface area (Å²) in [5.41, 5.74) is 1.26. The quantitative estimate of drug-likeness (QED) is 0.536. The molecule has 0 saturated heterocycles. The number of aliphatic hydroxyl groups is 1. The van der Waals surface area contributed by atoms with E-state index in [0.717, 1.165) is 31.0 Å². The lowest BCUT2D eigenvalue weighted by atomic mass is 9.92. The van der Waals surface area contributed by atoms with Gasteiger partial charge < -0.3 is 15.7 Å². The third-order valence-corrected chi connectivity index (χ3v) is 3.37. The molecule has 0 amide bonds. The molecule has 0 heterocycles. The molecule has 0 saturated carbocycles. The molecule has 0 fully saturated rings. The molecular weight excluding hydrogens is 274 g/mol. The van der Waals surface area contributed by atoms with E-state index in [4.69, 9.17) is 0 Å². The van der Waals surface area contributed by atoms with Gasteiger partial charge in [0.05, 0.1) is 6.10 Å². The summed E-state index contributed by atoms with van der Waals surface area (Å²) in [5.74, 6) is 0.826. The topological polar surface area (TPSA) is 56.7 Å². The first kappa shape index (κ1) is 18.5. The van der Waals surface area contributed by atoms with E-state index >= 15 is 0 Å². The highest BCUT2D eigenvalue weighted by atomic mass is 16.3. The van der Waals surface area contributed by atoms with Crippen LogP contribution in [0.15, 0.2) is 35.3 Å². The largest absolute Gasteiger partial charge is 0.388 e. The highest BCUT2D eigenvalue weighted by molar-refractivity contribution is 5.79. The number of nitrogens with one attached hydrogen (secondary N) is 2. The van der Waals surface area contributed by atoms with E-state index in [1.54, 1.807) is 0 Å². The number of hydrogen-bond donors (Lipinski definition) is 3. The van der Waals surface area contributed by atoms with E-state index in [1.807, 2.05) is 30.3 Å². The zero-order valence-electron chi connectivity index (χ0n) is 14.4. The average Bonchev–Trinajstić information content (AvgIpc) is 2.46. The molecular formula is C18H31N3O. The fourth-order valence-electron chi connectivity index (χ4n) is 2.04. The lowest BCUT2D eigenvalue weighted by Crippen LogP contribution is -2.38. The molecule has 124 valence electrons. The van der Waals surface area contributed by atoms with Crippen molar-refractivity contribution in [2.75, 3.05) is 19.6 Å². The summed E-state index contributed by atoms with van der Waals surface area (Å²) in [6, 6.07) is 9.74. The fourth-order valence-corrected chi connectivity index (χ4v) is 2.04. The van der Waals surface area contributed by atoms with Crippen molar-refractivity contribution in [3.8, 4) is 0 Å². The van der Waals surface area contributed by atoms with Crippen LogP contribution in [0.4, 0.5) is 0 Å². The molecule has 1 unspecified atom stereocenters. The molecule has 3 N–H and O–H groups in total. The third-order valence-electron chi connectivity index (χ3n) is 3.37. The summed E-state index contributed by atoms with van der Waals surface area (Å²) in [6.07, 6.45) is 1.26. The van der Waals surface area contributed by atoms with Gasteiger partial charge in [-0.2, -0.15) is 0 Å². The van der Waals surface area contributed by atoms with Gasteiger partial charge in [0, 0.05) is 19.6 Å². The predicted molar refractivity (Wildman–Crippen MR) is 94.1 cm³/mol. The van der Waals surface area contributed by atoms with Gasteiger partial charge in [-0.15, -0.1) is 0 Å².